The van der Waals surface area contributed by atoms with Gasteiger partial charge in [0.05, 0.1) is 0 Å². The second-order valence-corrected chi connectivity index (χ2v) is 3.34. The summed E-state index contributed by atoms with van der Waals surface area (Å²) in [4.78, 5) is 0. The van der Waals surface area contributed by atoms with E-state index in [4.69, 9.17) is 0 Å². The monoisotopic (exact) mass is 176 g/mol. The molecular weight excluding hydrogens is 168 g/mol. The fraction of sp³-hybridized carbons (Fsp3) is 0.333. The highest BCUT2D eigenvalue weighted by Crippen LogP contribution is 2.26. The quantitative estimate of drug-likeness (QED) is 0.571. The van der Waals surface area contributed by atoms with E-state index in [0.717, 1.165) is 0 Å². The van der Waals surface area contributed by atoms with Gasteiger partial charge in [0.2, 0.25) is 0 Å². The van der Waals surface area contributed by atoms with Crippen LogP contribution in [0.3, 0.4) is 0 Å². The summed E-state index contributed by atoms with van der Waals surface area (Å²) in [7, 11) is -3.82. The lowest BCUT2D eigenvalue weighted by Gasteiger charge is -2.12. The average molecular weight is 176 g/mol. The molecule has 0 bridgehead atoms. The Balaban J connectivity index is 2.95. The molecule has 0 aromatic rings. The van der Waals surface area contributed by atoms with Gasteiger partial charge in [0.25, 0.3) is 0 Å². The molecule has 11 heavy (non-hydrogen) atoms. The molecule has 0 aromatic carbocycles. The largest absolute Gasteiger partial charge is 0.401 e. The highest BCUT2D eigenvalue weighted by molar-refractivity contribution is 7.82. The van der Waals surface area contributed by atoms with Crippen molar-refractivity contribution in [1.29, 1.82) is 0 Å². The third-order valence-corrected chi connectivity index (χ3v) is 2.30. The molecule has 1 aliphatic rings. The van der Waals surface area contributed by atoms with Gasteiger partial charge in [-0.05, 0) is 0 Å². The lowest BCUT2D eigenvalue weighted by Crippen LogP contribution is -2.25. The maximum absolute atomic E-state index is 10.6. The Morgan fingerprint density at radius 1 is 1.36 bits per heavy atom. The molecule has 0 atom stereocenters. The Kier molecular flexibility index (Phi) is 1.87. The summed E-state index contributed by atoms with van der Waals surface area (Å²) in [6.07, 6.45) is 2.68. The second-order valence-electron chi connectivity index (χ2n) is 2.12. The van der Waals surface area contributed by atoms with Crippen molar-refractivity contribution in [3.05, 3.63) is 25.3 Å². The first-order valence-electron chi connectivity index (χ1n) is 2.91. The molecule has 0 unspecified atom stereocenters. The maximum Gasteiger partial charge on any atom is 0.401 e. The number of hydrogen-bond acceptors (Lipinski definition) is 4. The van der Waals surface area contributed by atoms with Crippen molar-refractivity contribution in [2.75, 3.05) is 6.61 Å². The first-order chi connectivity index (χ1) is 5.04. The molecule has 1 fully saturated rings. The van der Waals surface area contributed by atoms with Crippen LogP contribution >= 0.6 is 0 Å². The Labute approximate surface area is 65.4 Å². The molecule has 5 heteroatoms. The molecular formula is C6H8O4S. The van der Waals surface area contributed by atoms with E-state index in [-0.39, 0.29) is 6.61 Å². The predicted octanol–water partition coefficient (Wildman–Crippen LogP) is 0.389. The first kappa shape index (κ1) is 8.45. The molecule has 0 spiro atoms. The van der Waals surface area contributed by atoms with E-state index in [1.54, 1.807) is 0 Å². The summed E-state index contributed by atoms with van der Waals surface area (Å²) in [6.45, 7) is 6.74. The van der Waals surface area contributed by atoms with E-state index in [1.165, 1.54) is 12.2 Å². The minimum atomic E-state index is -3.82. The standard InChI is InChI=1S/C6H8O4S/c1-3-6(4-2)5-9-11(7,8)10-6/h3-4H,1-2,5H2. The zero-order valence-electron chi connectivity index (χ0n) is 5.82. The zero-order valence-corrected chi connectivity index (χ0v) is 6.63. The molecule has 1 heterocycles. The Hall–Kier alpha value is -0.650. The maximum atomic E-state index is 10.6. The van der Waals surface area contributed by atoms with Crippen molar-refractivity contribution in [3.63, 3.8) is 0 Å². The molecule has 62 valence electrons. The van der Waals surface area contributed by atoms with Gasteiger partial charge in [-0.2, -0.15) is 8.42 Å². The van der Waals surface area contributed by atoms with Crippen LogP contribution in [0.1, 0.15) is 0 Å². The molecule has 0 saturated carbocycles. The Morgan fingerprint density at radius 3 is 2.09 bits per heavy atom. The van der Waals surface area contributed by atoms with Crippen LogP contribution in [0.15, 0.2) is 25.3 Å². The summed E-state index contributed by atoms with van der Waals surface area (Å²) >= 11 is 0. The average Bonchev–Trinajstić information content (AvgIpc) is 2.28. The van der Waals surface area contributed by atoms with E-state index >= 15 is 0 Å². The lowest BCUT2D eigenvalue weighted by molar-refractivity contribution is 0.206. The van der Waals surface area contributed by atoms with Crippen LogP contribution in [0.5, 0.6) is 0 Å². The Morgan fingerprint density at radius 2 is 1.91 bits per heavy atom. The van der Waals surface area contributed by atoms with Crippen molar-refractivity contribution in [2.45, 2.75) is 5.60 Å². The molecule has 0 amide bonds. The van der Waals surface area contributed by atoms with Gasteiger partial charge in [-0.25, -0.2) is 8.37 Å². The van der Waals surface area contributed by atoms with E-state index in [1.807, 2.05) is 0 Å². The minimum absolute atomic E-state index is 0.0810. The zero-order chi connectivity index (χ0) is 8.54. The van der Waals surface area contributed by atoms with Gasteiger partial charge in [-0.1, -0.05) is 25.3 Å². The fourth-order valence-electron chi connectivity index (χ4n) is 0.672. The van der Waals surface area contributed by atoms with Gasteiger partial charge in [0.1, 0.15) is 6.61 Å². The van der Waals surface area contributed by atoms with Crippen LogP contribution in [0, 0.1) is 0 Å². The summed E-state index contributed by atoms with van der Waals surface area (Å²) in [5.74, 6) is 0. The third kappa shape index (κ3) is 1.50. The normalized spacial score (nSPS) is 26.2. The lowest BCUT2D eigenvalue weighted by atomic mass is 10.1. The second kappa shape index (κ2) is 2.44. The highest BCUT2D eigenvalue weighted by atomic mass is 32.3. The van der Waals surface area contributed by atoms with Gasteiger partial charge < -0.3 is 0 Å². The molecule has 0 aliphatic carbocycles. The van der Waals surface area contributed by atoms with Gasteiger partial charge in [-0.3, -0.25) is 0 Å². The van der Waals surface area contributed by atoms with Gasteiger partial charge in [-0.15, -0.1) is 0 Å². The highest BCUT2D eigenvalue weighted by Gasteiger charge is 2.40. The van der Waals surface area contributed by atoms with Crippen molar-refractivity contribution in [3.8, 4) is 0 Å². The SMILES string of the molecule is C=CC1(C=C)COS(=O)(=O)O1. The molecule has 4 nitrogen and oxygen atoms in total. The molecule has 1 rings (SSSR count). The van der Waals surface area contributed by atoms with E-state index in [2.05, 4.69) is 21.5 Å². The predicted molar refractivity (Wildman–Crippen MR) is 39.1 cm³/mol. The topological polar surface area (TPSA) is 52.6 Å². The molecule has 1 aliphatic heterocycles. The van der Waals surface area contributed by atoms with Crippen molar-refractivity contribution in [1.82, 2.24) is 0 Å². The number of rotatable bonds is 2. The van der Waals surface area contributed by atoms with E-state index in [0.29, 0.717) is 0 Å². The minimum Gasteiger partial charge on any atom is -0.244 e. The van der Waals surface area contributed by atoms with Crippen LogP contribution in [0.4, 0.5) is 0 Å². The number of hydrogen-bond donors (Lipinski definition) is 0. The summed E-state index contributed by atoms with van der Waals surface area (Å²) in [5.41, 5.74) is -1.07. The van der Waals surface area contributed by atoms with E-state index in [9.17, 15) is 8.42 Å². The van der Waals surface area contributed by atoms with Crippen LogP contribution in [0.2, 0.25) is 0 Å². The first-order valence-corrected chi connectivity index (χ1v) is 4.24. The van der Waals surface area contributed by atoms with Crippen molar-refractivity contribution >= 4 is 10.4 Å². The molecule has 0 aromatic heterocycles. The molecule has 0 N–H and O–H groups in total. The Bertz CT molecular complexity index is 269. The third-order valence-electron chi connectivity index (χ3n) is 1.38. The van der Waals surface area contributed by atoms with E-state index < -0.39 is 16.0 Å². The van der Waals surface area contributed by atoms with Crippen molar-refractivity contribution in [2.24, 2.45) is 0 Å². The van der Waals surface area contributed by atoms with Gasteiger partial charge in [0, 0.05) is 0 Å². The summed E-state index contributed by atoms with van der Waals surface area (Å²) in [6, 6.07) is 0. The molecule has 1 saturated heterocycles. The van der Waals surface area contributed by atoms with Crippen molar-refractivity contribution < 1.29 is 16.8 Å². The van der Waals surface area contributed by atoms with Crippen LogP contribution < -0.4 is 0 Å². The van der Waals surface area contributed by atoms with Gasteiger partial charge >= 0.3 is 10.4 Å². The van der Waals surface area contributed by atoms with Gasteiger partial charge in [0.15, 0.2) is 5.60 Å². The van der Waals surface area contributed by atoms with Crippen LogP contribution in [-0.2, 0) is 18.8 Å². The van der Waals surface area contributed by atoms with Crippen LogP contribution in [0.25, 0.3) is 0 Å². The van der Waals surface area contributed by atoms with Crippen LogP contribution in [-0.4, -0.2) is 20.6 Å². The summed E-state index contributed by atoms with van der Waals surface area (Å²) < 4.78 is 30.1. The fourth-order valence-corrected chi connectivity index (χ4v) is 1.61. The smallest absolute Gasteiger partial charge is 0.244 e. The summed E-state index contributed by atoms with van der Waals surface area (Å²) in [5, 5.41) is 0. The molecule has 0 radical (unpaired) electrons.